The van der Waals surface area contributed by atoms with Crippen molar-refractivity contribution in [1.29, 1.82) is 0 Å². The second-order valence-electron chi connectivity index (χ2n) is 11.1. The maximum Gasteiger partial charge on any atom is 0.308 e. The standard InChI is InChI=1S/C29H44FN5O13S/c1-19(2)27-25(28(20-6-8-21(30)9-7-20)32-29(31-27)33(3)49(4,43)44)11-10-22(36)16-23(37)17-26(38)46-14-5-13-45-15-12-24(48-35(41)42)18-47-34(39)40/h6-11,19,22-24,36-37,39-42H,5,12-18H2,1-4H3/b11-10+. The zero-order valence-corrected chi connectivity index (χ0v) is 28.3. The Morgan fingerprint density at radius 2 is 1.69 bits per heavy atom. The Hall–Kier alpha value is -3.25. The minimum atomic E-state index is -3.71. The number of carbonyl (C=O) groups excluding carboxylic acids is 1. The average molecular weight is 722 g/mol. The maximum absolute atomic E-state index is 13.7. The number of aliphatic hydroxyl groups excluding tert-OH is 2. The number of aliphatic hydroxyl groups is 2. The highest BCUT2D eigenvalue weighted by Gasteiger charge is 2.23. The molecule has 0 spiro atoms. The van der Waals surface area contributed by atoms with E-state index >= 15 is 0 Å². The second kappa shape index (κ2) is 20.4. The van der Waals surface area contributed by atoms with E-state index in [4.69, 9.17) is 30.3 Å². The van der Waals surface area contributed by atoms with E-state index in [0.717, 1.165) is 10.6 Å². The van der Waals surface area contributed by atoms with Crippen molar-refractivity contribution in [2.75, 3.05) is 44.0 Å². The number of halogens is 1. The number of rotatable bonds is 22. The van der Waals surface area contributed by atoms with E-state index in [1.807, 2.05) is 13.8 Å². The Balaban J connectivity index is 1.96. The predicted octanol–water partition coefficient (Wildman–Crippen LogP) is 2.05. The van der Waals surface area contributed by atoms with Crippen molar-refractivity contribution >= 4 is 28.0 Å². The van der Waals surface area contributed by atoms with Crippen molar-refractivity contribution in [1.82, 2.24) is 20.7 Å². The van der Waals surface area contributed by atoms with Crippen molar-refractivity contribution < 1.29 is 67.8 Å². The van der Waals surface area contributed by atoms with Crippen LogP contribution in [0.3, 0.4) is 0 Å². The molecule has 276 valence electrons. The van der Waals surface area contributed by atoms with Gasteiger partial charge in [-0.05, 0) is 30.2 Å². The van der Waals surface area contributed by atoms with Crippen LogP contribution in [0.5, 0.6) is 0 Å². The summed E-state index contributed by atoms with van der Waals surface area (Å²) in [6, 6.07) is 5.43. The van der Waals surface area contributed by atoms with E-state index in [2.05, 4.69) is 19.6 Å². The molecule has 20 heteroatoms. The zero-order chi connectivity index (χ0) is 36.7. The zero-order valence-electron chi connectivity index (χ0n) is 27.5. The van der Waals surface area contributed by atoms with Crippen LogP contribution in [0.25, 0.3) is 17.3 Å². The van der Waals surface area contributed by atoms with E-state index < -0.39 is 63.9 Å². The van der Waals surface area contributed by atoms with E-state index in [-0.39, 0.29) is 50.9 Å². The van der Waals surface area contributed by atoms with Crippen molar-refractivity contribution in [2.24, 2.45) is 0 Å². The van der Waals surface area contributed by atoms with Gasteiger partial charge in [0.15, 0.2) is 0 Å². The first kappa shape index (κ1) is 41.9. The van der Waals surface area contributed by atoms with Crippen LogP contribution in [-0.2, 0) is 34.0 Å². The summed E-state index contributed by atoms with van der Waals surface area (Å²) in [5.74, 6) is -1.50. The molecule has 3 unspecified atom stereocenters. The van der Waals surface area contributed by atoms with Crippen LogP contribution in [-0.4, -0.2) is 124 Å². The number of aromatic nitrogens is 2. The first-order valence-electron chi connectivity index (χ1n) is 15.0. The lowest BCUT2D eigenvalue weighted by molar-refractivity contribution is -0.527. The summed E-state index contributed by atoms with van der Waals surface area (Å²) < 4.78 is 49.5. The van der Waals surface area contributed by atoms with Gasteiger partial charge in [0.2, 0.25) is 16.0 Å². The molecule has 3 atom stereocenters. The summed E-state index contributed by atoms with van der Waals surface area (Å²) in [6.45, 7) is 3.40. The average Bonchev–Trinajstić information content (AvgIpc) is 3.00. The van der Waals surface area contributed by atoms with Gasteiger partial charge in [-0.3, -0.25) is 25.6 Å². The quantitative estimate of drug-likeness (QED) is 0.0579. The van der Waals surface area contributed by atoms with Crippen molar-refractivity contribution in [3.8, 4) is 11.3 Å². The molecule has 6 N–H and O–H groups in total. The van der Waals surface area contributed by atoms with Gasteiger partial charge in [-0.1, -0.05) is 26.0 Å². The van der Waals surface area contributed by atoms with Crippen LogP contribution >= 0.6 is 0 Å². The van der Waals surface area contributed by atoms with Gasteiger partial charge in [-0.25, -0.2) is 36.8 Å². The third-order valence-corrected chi connectivity index (χ3v) is 7.87. The van der Waals surface area contributed by atoms with Crippen LogP contribution in [0.4, 0.5) is 10.3 Å². The van der Waals surface area contributed by atoms with Crippen LogP contribution in [0.2, 0.25) is 0 Å². The molecule has 0 aliphatic heterocycles. The normalized spacial score (nSPS) is 14.2. The van der Waals surface area contributed by atoms with Gasteiger partial charge in [0.05, 0.1) is 53.7 Å². The van der Waals surface area contributed by atoms with Gasteiger partial charge in [0.1, 0.15) is 18.5 Å². The summed E-state index contributed by atoms with van der Waals surface area (Å²) in [4.78, 5) is 30.0. The fourth-order valence-electron chi connectivity index (χ4n) is 4.21. The molecule has 49 heavy (non-hydrogen) atoms. The fraction of sp³-hybridized carbons (Fsp3) is 0.552. The smallest absolute Gasteiger partial charge is 0.308 e. The number of anilines is 1. The van der Waals surface area contributed by atoms with E-state index in [0.29, 0.717) is 22.5 Å². The number of esters is 1. The lowest BCUT2D eigenvalue weighted by Crippen LogP contribution is -2.32. The third kappa shape index (κ3) is 15.5. The van der Waals surface area contributed by atoms with Gasteiger partial charge in [0.25, 0.3) is 0 Å². The molecule has 1 aromatic heterocycles. The summed E-state index contributed by atoms with van der Waals surface area (Å²) in [6.07, 6.45) is 0.201. The predicted molar refractivity (Wildman–Crippen MR) is 168 cm³/mol. The Bertz CT molecular complexity index is 1450. The molecule has 1 aromatic carbocycles. The Morgan fingerprint density at radius 3 is 2.29 bits per heavy atom. The molecule has 0 amide bonds. The molecule has 0 aliphatic carbocycles. The molecule has 0 saturated carbocycles. The topological polar surface area (TPSA) is 245 Å². The molecule has 2 aromatic rings. The Labute approximate surface area is 282 Å². The summed E-state index contributed by atoms with van der Waals surface area (Å²) >= 11 is 0. The highest BCUT2D eigenvalue weighted by Crippen LogP contribution is 2.31. The minimum Gasteiger partial charge on any atom is -0.466 e. The Kier molecular flexibility index (Phi) is 17.5. The number of nitrogens with zero attached hydrogens (tertiary/aromatic N) is 5. The van der Waals surface area contributed by atoms with Crippen LogP contribution < -0.4 is 4.31 Å². The summed E-state index contributed by atoms with van der Waals surface area (Å²) in [7, 11) is -2.39. The summed E-state index contributed by atoms with van der Waals surface area (Å²) in [5.41, 5.74) is 1.68. The first-order valence-corrected chi connectivity index (χ1v) is 16.9. The highest BCUT2D eigenvalue weighted by atomic mass is 32.2. The minimum absolute atomic E-state index is 0.0310. The maximum atomic E-state index is 13.7. The van der Waals surface area contributed by atoms with E-state index in [1.165, 1.54) is 43.5 Å². The largest absolute Gasteiger partial charge is 0.466 e. The molecule has 0 aliphatic rings. The number of carbonyl (C=O) groups is 1. The van der Waals surface area contributed by atoms with E-state index in [1.54, 1.807) is 0 Å². The lowest BCUT2D eigenvalue weighted by atomic mass is 9.97. The number of benzene rings is 1. The van der Waals surface area contributed by atoms with Gasteiger partial charge < -0.3 is 19.7 Å². The van der Waals surface area contributed by atoms with Crippen molar-refractivity contribution in [3.05, 3.63) is 47.4 Å². The number of hydrogen-bond acceptors (Lipinski definition) is 17. The molecule has 1 heterocycles. The Morgan fingerprint density at radius 1 is 1.02 bits per heavy atom. The lowest BCUT2D eigenvalue weighted by Gasteiger charge is -2.20. The van der Waals surface area contributed by atoms with E-state index in [9.17, 15) is 27.8 Å². The summed E-state index contributed by atoms with van der Waals surface area (Å²) in [5, 5.41) is 54.6. The number of hydrogen-bond donors (Lipinski definition) is 6. The van der Waals surface area contributed by atoms with Crippen LogP contribution in [0, 0.1) is 5.82 Å². The van der Waals surface area contributed by atoms with Crippen molar-refractivity contribution in [2.45, 2.75) is 63.8 Å². The number of ether oxygens (including phenoxy) is 2. The molecule has 0 saturated heterocycles. The monoisotopic (exact) mass is 721 g/mol. The first-order chi connectivity index (χ1) is 23.0. The van der Waals surface area contributed by atoms with Gasteiger partial charge in [0, 0.05) is 50.7 Å². The molecule has 0 radical (unpaired) electrons. The van der Waals surface area contributed by atoms with Crippen LogP contribution in [0.15, 0.2) is 30.3 Å². The van der Waals surface area contributed by atoms with Crippen molar-refractivity contribution in [3.63, 3.8) is 0 Å². The molecular weight excluding hydrogens is 677 g/mol. The van der Waals surface area contributed by atoms with Crippen LogP contribution in [0.1, 0.15) is 56.7 Å². The molecule has 0 bridgehead atoms. The molecule has 2 rings (SSSR count). The third-order valence-electron chi connectivity index (χ3n) is 6.71. The van der Waals surface area contributed by atoms with Gasteiger partial charge >= 0.3 is 5.97 Å². The molecule has 18 nitrogen and oxygen atoms in total. The molecular formula is C29H44FN5O13S. The fourth-order valence-corrected chi connectivity index (χ4v) is 4.59. The molecule has 0 fully saturated rings. The highest BCUT2D eigenvalue weighted by molar-refractivity contribution is 7.92. The van der Waals surface area contributed by atoms with Gasteiger partial charge in [-0.15, -0.1) is 0 Å². The second-order valence-corrected chi connectivity index (χ2v) is 13.1. The SMILES string of the molecule is CC(C)c1nc(N(C)S(C)(=O)=O)nc(-c2ccc(F)cc2)c1/C=C/C(O)CC(O)CC(=O)OCCCOCCC(CON(O)O)ON(O)O. The number of sulfonamides is 1. The van der Waals surface area contributed by atoms with Gasteiger partial charge in [-0.2, -0.15) is 0 Å².